The smallest absolute Gasteiger partial charge is 0.132 e. The summed E-state index contributed by atoms with van der Waals surface area (Å²) in [7, 11) is 0. The lowest BCUT2D eigenvalue weighted by molar-refractivity contribution is 0.209. The largest absolute Gasteiger partial charge is 0.396 e. The zero-order chi connectivity index (χ0) is 11.1. The second-order valence-corrected chi connectivity index (χ2v) is 4.18. The van der Waals surface area contributed by atoms with E-state index < -0.39 is 17.5 Å². The van der Waals surface area contributed by atoms with E-state index >= 15 is 0 Å². The summed E-state index contributed by atoms with van der Waals surface area (Å²) in [4.78, 5) is 0. The molecule has 82 valence electrons. The average molecular weight is 216 g/mol. The van der Waals surface area contributed by atoms with E-state index in [0.29, 0.717) is 12.1 Å². The summed E-state index contributed by atoms with van der Waals surface area (Å²) in [6, 6.07) is 1.34. The van der Waals surface area contributed by atoms with Gasteiger partial charge >= 0.3 is 0 Å². The second kappa shape index (κ2) is 3.52. The van der Waals surface area contributed by atoms with Crippen molar-refractivity contribution in [3.8, 4) is 0 Å². The fourth-order valence-corrected chi connectivity index (χ4v) is 1.68. The van der Waals surface area contributed by atoms with Crippen molar-refractivity contribution in [1.29, 1.82) is 0 Å². The van der Waals surface area contributed by atoms with Gasteiger partial charge in [-0.05, 0) is 24.7 Å². The third kappa shape index (κ3) is 2.00. The molecule has 0 radical (unpaired) electrons. The molecular weight excluding hydrogens is 205 g/mol. The van der Waals surface area contributed by atoms with E-state index in [2.05, 4.69) is 0 Å². The third-order valence-electron chi connectivity index (χ3n) is 2.95. The number of hydrogen-bond donors (Lipinski definition) is 1. The molecule has 1 aromatic carbocycles. The molecule has 1 N–H and O–H groups in total. The van der Waals surface area contributed by atoms with E-state index in [4.69, 9.17) is 5.11 Å². The van der Waals surface area contributed by atoms with Crippen molar-refractivity contribution in [3.63, 3.8) is 0 Å². The Morgan fingerprint density at radius 3 is 2.07 bits per heavy atom. The SMILES string of the molecule is OCC1(Cc2c(F)cc(F)cc2F)CC1. The number of aliphatic hydroxyl groups is 1. The van der Waals surface area contributed by atoms with Crippen LogP contribution in [0.4, 0.5) is 13.2 Å². The summed E-state index contributed by atoms with van der Waals surface area (Å²) in [5.74, 6) is -2.65. The molecule has 0 amide bonds. The lowest BCUT2D eigenvalue weighted by atomic mass is 9.96. The van der Waals surface area contributed by atoms with Gasteiger partial charge in [0.2, 0.25) is 0 Å². The van der Waals surface area contributed by atoms with Crippen LogP contribution in [0.25, 0.3) is 0 Å². The van der Waals surface area contributed by atoms with Crippen molar-refractivity contribution < 1.29 is 18.3 Å². The van der Waals surface area contributed by atoms with Gasteiger partial charge in [-0.15, -0.1) is 0 Å². The fourth-order valence-electron chi connectivity index (χ4n) is 1.68. The Hall–Kier alpha value is -1.03. The molecule has 1 aromatic rings. The van der Waals surface area contributed by atoms with Crippen molar-refractivity contribution in [2.75, 3.05) is 6.61 Å². The van der Waals surface area contributed by atoms with Crippen molar-refractivity contribution in [1.82, 2.24) is 0 Å². The number of benzene rings is 1. The third-order valence-corrected chi connectivity index (χ3v) is 2.95. The van der Waals surface area contributed by atoms with Gasteiger partial charge in [-0.25, -0.2) is 13.2 Å². The van der Waals surface area contributed by atoms with Gasteiger partial charge in [0.1, 0.15) is 17.5 Å². The minimum Gasteiger partial charge on any atom is -0.396 e. The number of rotatable bonds is 3. The minimum absolute atomic E-state index is 0.0801. The molecule has 1 aliphatic rings. The monoisotopic (exact) mass is 216 g/mol. The van der Waals surface area contributed by atoms with Crippen LogP contribution in [-0.2, 0) is 6.42 Å². The molecule has 0 unspecified atom stereocenters. The lowest BCUT2D eigenvalue weighted by Gasteiger charge is -2.12. The topological polar surface area (TPSA) is 20.2 Å². The first-order valence-electron chi connectivity index (χ1n) is 4.81. The summed E-state index contributed by atoms with van der Waals surface area (Å²) in [5, 5.41) is 9.04. The Labute approximate surface area is 85.5 Å². The summed E-state index contributed by atoms with van der Waals surface area (Å²) in [6.07, 6.45) is 1.67. The summed E-state index contributed by atoms with van der Waals surface area (Å²) in [6.45, 7) is -0.0801. The van der Waals surface area contributed by atoms with Gasteiger partial charge in [0.05, 0.1) is 0 Å². The maximum atomic E-state index is 13.2. The molecule has 1 saturated carbocycles. The Balaban J connectivity index is 2.28. The maximum Gasteiger partial charge on any atom is 0.132 e. The van der Waals surface area contributed by atoms with Gasteiger partial charge in [0.15, 0.2) is 0 Å². The van der Waals surface area contributed by atoms with E-state index in [1.165, 1.54) is 0 Å². The van der Waals surface area contributed by atoms with E-state index in [1.54, 1.807) is 0 Å². The molecule has 15 heavy (non-hydrogen) atoms. The normalized spacial score (nSPS) is 17.9. The summed E-state index contributed by atoms with van der Waals surface area (Å²) >= 11 is 0. The predicted octanol–water partition coefficient (Wildman–Crippen LogP) is 2.42. The van der Waals surface area contributed by atoms with Gasteiger partial charge in [-0.1, -0.05) is 0 Å². The average Bonchev–Trinajstić information content (AvgIpc) is 2.92. The van der Waals surface area contributed by atoms with Crippen LogP contribution in [0, 0.1) is 22.9 Å². The van der Waals surface area contributed by atoms with E-state index in [0.717, 1.165) is 12.8 Å². The number of hydrogen-bond acceptors (Lipinski definition) is 1. The van der Waals surface area contributed by atoms with Crippen LogP contribution in [0.3, 0.4) is 0 Å². The quantitative estimate of drug-likeness (QED) is 0.822. The highest BCUT2D eigenvalue weighted by Gasteiger charge is 2.43. The molecule has 0 heterocycles. The van der Waals surface area contributed by atoms with Gasteiger partial charge in [-0.3, -0.25) is 0 Å². The zero-order valence-electron chi connectivity index (χ0n) is 8.06. The minimum atomic E-state index is -0.914. The molecule has 2 rings (SSSR count). The van der Waals surface area contributed by atoms with E-state index in [-0.39, 0.29) is 24.0 Å². The van der Waals surface area contributed by atoms with Gasteiger partial charge in [-0.2, -0.15) is 0 Å². The number of halogens is 3. The predicted molar refractivity (Wildman–Crippen MR) is 48.8 cm³/mol. The highest BCUT2D eigenvalue weighted by molar-refractivity contribution is 5.23. The Bertz CT molecular complexity index is 362. The molecule has 1 aliphatic carbocycles. The molecule has 4 heteroatoms. The summed E-state index contributed by atoms with van der Waals surface area (Å²) < 4.78 is 39.1. The molecule has 0 saturated heterocycles. The van der Waals surface area contributed by atoms with E-state index in [1.807, 2.05) is 0 Å². The highest BCUT2D eigenvalue weighted by Crippen LogP contribution is 2.48. The van der Waals surface area contributed by atoms with E-state index in [9.17, 15) is 13.2 Å². The molecule has 1 fully saturated rings. The molecule has 0 bridgehead atoms. The van der Waals surface area contributed by atoms with Crippen molar-refractivity contribution >= 4 is 0 Å². The van der Waals surface area contributed by atoms with Gasteiger partial charge < -0.3 is 5.11 Å². The molecule has 0 atom stereocenters. The molecular formula is C11H11F3O. The van der Waals surface area contributed by atoms with Crippen molar-refractivity contribution in [2.24, 2.45) is 5.41 Å². The van der Waals surface area contributed by atoms with Crippen LogP contribution in [0.5, 0.6) is 0 Å². The Kier molecular flexibility index (Phi) is 2.46. The maximum absolute atomic E-state index is 13.2. The van der Waals surface area contributed by atoms with Crippen LogP contribution in [0.1, 0.15) is 18.4 Å². The molecule has 0 aliphatic heterocycles. The first-order chi connectivity index (χ1) is 7.06. The lowest BCUT2D eigenvalue weighted by Crippen LogP contribution is -2.13. The number of aliphatic hydroxyl groups excluding tert-OH is 1. The van der Waals surface area contributed by atoms with Crippen LogP contribution in [0.2, 0.25) is 0 Å². The Morgan fingerprint density at radius 2 is 1.67 bits per heavy atom. The second-order valence-electron chi connectivity index (χ2n) is 4.18. The van der Waals surface area contributed by atoms with Gasteiger partial charge in [0.25, 0.3) is 0 Å². The van der Waals surface area contributed by atoms with Gasteiger partial charge in [0, 0.05) is 24.3 Å². The standard InChI is InChI=1S/C11H11F3O/c12-7-3-9(13)8(10(14)4-7)5-11(6-15)1-2-11/h3-4,15H,1-2,5-6H2. The molecule has 0 aromatic heterocycles. The zero-order valence-corrected chi connectivity index (χ0v) is 8.06. The molecule has 0 spiro atoms. The van der Waals surface area contributed by atoms with Crippen LogP contribution in [-0.4, -0.2) is 11.7 Å². The Morgan fingerprint density at radius 1 is 1.13 bits per heavy atom. The van der Waals surface area contributed by atoms with Crippen LogP contribution >= 0.6 is 0 Å². The van der Waals surface area contributed by atoms with Crippen molar-refractivity contribution in [2.45, 2.75) is 19.3 Å². The van der Waals surface area contributed by atoms with Crippen molar-refractivity contribution in [3.05, 3.63) is 35.1 Å². The first kappa shape index (κ1) is 10.5. The highest BCUT2D eigenvalue weighted by atomic mass is 19.1. The summed E-state index contributed by atoms with van der Waals surface area (Å²) in [5.41, 5.74) is -0.498. The van der Waals surface area contributed by atoms with Crippen LogP contribution in [0.15, 0.2) is 12.1 Å². The fraction of sp³-hybridized carbons (Fsp3) is 0.455. The van der Waals surface area contributed by atoms with Crippen LogP contribution < -0.4 is 0 Å². The molecule has 1 nitrogen and oxygen atoms in total. The first-order valence-corrected chi connectivity index (χ1v) is 4.81.